The summed E-state index contributed by atoms with van der Waals surface area (Å²) in [7, 11) is 0. The third-order valence-corrected chi connectivity index (χ3v) is 3.37. The maximum Gasteiger partial charge on any atom is 0.329 e. The fraction of sp³-hybridized carbons (Fsp3) is 0.647. The third kappa shape index (κ3) is 11.4. The maximum absolute atomic E-state index is 11.6. The van der Waals surface area contributed by atoms with Gasteiger partial charge in [0.15, 0.2) is 0 Å². The molecule has 11 nitrogen and oxygen atoms in total. The molecule has 11 heteroatoms. The largest absolute Gasteiger partial charge is 0.480 e. The van der Waals surface area contributed by atoms with Crippen molar-refractivity contribution in [2.45, 2.75) is 6.42 Å². The van der Waals surface area contributed by atoms with Crippen molar-refractivity contribution >= 4 is 23.7 Å². The average Bonchev–Trinajstić information content (AvgIpc) is 2.97. The van der Waals surface area contributed by atoms with Crippen molar-refractivity contribution < 1.29 is 43.2 Å². The summed E-state index contributed by atoms with van der Waals surface area (Å²) in [6, 6.07) is 0. The Morgan fingerprint density at radius 2 is 1.36 bits per heavy atom. The van der Waals surface area contributed by atoms with Crippen molar-refractivity contribution in [3.05, 3.63) is 12.2 Å². The SMILES string of the molecule is O=C(O)COCCOCCOCCOCCNC(=O)CCN1C(=O)C=CC1=O. The summed E-state index contributed by atoms with van der Waals surface area (Å²) in [5.74, 6) is -2.09. The van der Waals surface area contributed by atoms with Crippen LogP contribution in [0.3, 0.4) is 0 Å². The van der Waals surface area contributed by atoms with Gasteiger partial charge in [0, 0.05) is 31.7 Å². The van der Waals surface area contributed by atoms with Crippen LogP contribution in [0.4, 0.5) is 0 Å². The molecule has 1 rings (SSSR count). The molecule has 0 saturated carbocycles. The van der Waals surface area contributed by atoms with E-state index < -0.39 is 17.8 Å². The average molecular weight is 402 g/mol. The summed E-state index contributed by atoms with van der Waals surface area (Å²) in [6.45, 7) is 2.33. The van der Waals surface area contributed by atoms with Crippen LogP contribution in [-0.2, 0) is 38.1 Å². The number of nitrogens with one attached hydrogen (secondary N) is 1. The highest BCUT2D eigenvalue weighted by atomic mass is 16.6. The van der Waals surface area contributed by atoms with E-state index in [2.05, 4.69) is 5.32 Å². The molecular formula is C17H26N2O9. The van der Waals surface area contributed by atoms with E-state index in [0.717, 1.165) is 4.90 Å². The van der Waals surface area contributed by atoms with Gasteiger partial charge in [0.05, 0.1) is 46.2 Å². The van der Waals surface area contributed by atoms with Crippen LogP contribution in [0.5, 0.6) is 0 Å². The molecule has 1 heterocycles. The Labute approximate surface area is 162 Å². The zero-order valence-electron chi connectivity index (χ0n) is 15.6. The van der Waals surface area contributed by atoms with Crippen LogP contribution in [0.1, 0.15) is 6.42 Å². The van der Waals surface area contributed by atoms with Gasteiger partial charge in [-0.15, -0.1) is 0 Å². The number of ether oxygens (including phenoxy) is 4. The summed E-state index contributed by atoms with van der Waals surface area (Å²) < 4.78 is 20.5. The Morgan fingerprint density at radius 1 is 0.857 bits per heavy atom. The number of nitrogens with zero attached hydrogens (tertiary/aromatic N) is 1. The molecule has 0 aromatic heterocycles. The van der Waals surface area contributed by atoms with E-state index in [1.54, 1.807) is 0 Å². The number of hydrogen-bond acceptors (Lipinski definition) is 8. The molecule has 0 fully saturated rings. The highest BCUT2D eigenvalue weighted by Gasteiger charge is 2.23. The Balaban J connectivity index is 1.81. The van der Waals surface area contributed by atoms with Gasteiger partial charge < -0.3 is 29.4 Å². The summed E-state index contributed by atoms with van der Waals surface area (Å²) in [5.41, 5.74) is 0. The number of amides is 3. The number of carbonyl (C=O) groups excluding carboxylic acids is 3. The fourth-order valence-electron chi connectivity index (χ4n) is 2.04. The van der Waals surface area contributed by atoms with Gasteiger partial charge in [0.25, 0.3) is 11.8 Å². The van der Waals surface area contributed by atoms with Gasteiger partial charge in [-0.05, 0) is 0 Å². The quantitative estimate of drug-likeness (QED) is 0.221. The molecule has 0 unspecified atom stereocenters. The van der Waals surface area contributed by atoms with Crippen LogP contribution >= 0.6 is 0 Å². The molecule has 158 valence electrons. The lowest BCUT2D eigenvalue weighted by molar-refractivity contribution is -0.143. The van der Waals surface area contributed by atoms with Crippen molar-refractivity contribution in [1.82, 2.24) is 10.2 Å². The van der Waals surface area contributed by atoms with Crippen molar-refractivity contribution in [1.29, 1.82) is 0 Å². The highest BCUT2D eigenvalue weighted by molar-refractivity contribution is 6.13. The van der Waals surface area contributed by atoms with Crippen molar-refractivity contribution in [3.8, 4) is 0 Å². The Hall–Kier alpha value is -2.34. The van der Waals surface area contributed by atoms with E-state index >= 15 is 0 Å². The Bertz CT molecular complexity index is 533. The van der Waals surface area contributed by atoms with Crippen LogP contribution in [0.15, 0.2) is 12.2 Å². The number of carbonyl (C=O) groups is 4. The Kier molecular flexibility index (Phi) is 12.4. The lowest BCUT2D eigenvalue weighted by Gasteiger charge is -2.13. The summed E-state index contributed by atoms with van der Waals surface area (Å²) >= 11 is 0. The molecule has 0 atom stereocenters. The topological polar surface area (TPSA) is 141 Å². The number of rotatable bonds is 17. The van der Waals surface area contributed by atoms with Gasteiger partial charge in [-0.2, -0.15) is 0 Å². The summed E-state index contributed by atoms with van der Waals surface area (Å²) in [5, 5.41) is 11.0. The Morgan fingerprint density at radius 3 is 1.89 bits per heavy atom. The summed E-state index contributed by atoms with van der Waals surface area (Å²) in [4.78, 5) is 45.5. The van der Waals surface area contributed by atoms with Gasteiger partial charge in [0.1, 0.15) is 6.61 Å². The van der Waals surface area contributed by atoms with Gasteiger partial charge in [-0.3, -0.25) is 19.3 Å². The predicted octanol–water partition coefficient (Wildman–Crippen LogP) is -1.43. The van der Waals surface area contributed by atoms with Gasteiger partial charge in [-0.1, -0.05) is 0 Å². The second-order valence-corrected chi connectivity index (χ2v) is 5.54. The molecular weight excluding hydrogens is 376 g/mol. The first-order chi connectivity index (χ1) is 13.5. The molecule has 0 aliphatic carbocycles. The molecule has 1 aliphatic rings. The second kappa shape index (κ2) is 14.7. The predicted molar refractivity (Wildman–Crippen MR) is 94.4 cm³/mol. The number of aliphatic carboxylic acids is 1. The van der Waals surface area contributed by atoms with E-state index in [-0.39, 0.29) is 32.1 Å². The molecule has 0 aromatic rings. The van der Waals surface area contributed by atoms with E-state index in [9.17, 15) is 19.2 Å². The van der Waals surface area contributed by atoms with Crippen LogP contribution in [0, 0.1) is 0 Å². The number of hydrogen-bond donors (Lipinski definition) is 2. The maximum atomic E-state index is 11.6. The molecule has 2 N–H and O–H groups in total. The van der Waals surface area contributed by atoms with Crippen LogP contribution in [0.2, 0.25) is 0 Å². The first-order valence-electron chi connectivity index (χ1n) is 8.83. The van der Waals surface area contributed by atoms with E-state index in [1.807, 2.05) is 0 Å². The van der Waals surface area contributed by atoms with Crippen LogP contribution in [-0.4, -0.2) is 99.6 Å². The van der Waals surface area contributed by atoms with Crippen LogP contribution in [0.25, 0.3) is 0 Å². The fourth-order valence-corrected chi connectivity index (χ4v) is 2.04. The molecule has 28 heavy (non-hydrogen) atoms. The third-order valence-electron chi connectivity index (χ3n) is 3.37. The lowest BCUT2D eigenvalue weighted by Crippen LogP contribution is -2.35. The molecule has 1 aliphatic heterocycles. The van der Waals surface area contributed by atoms with Crippen molar-refractivity contribution in [3.63, 3.8) is 0 Å². The number of carboxylic acid groups (broad SMARTS) is 1. The van der Waals surface area contributed by atoms with Crippen molar-refractivity contribution in [2.24, 2.45) is 0 Å². The van der Waals surface area contributed by atoms with Crippen LogP contribution < -0.4 is 5.32 Å². The minimum absolute atomic E-state index is 0.0453. The molecule has 3 amide bonds. The summed E-state index contributed by atoms with van der Waals surface area (Å²) in [6.07, 6.45) is 2.40. The minimum atomic E-state index is -1.02. The van der Waals surface area contributed by atoms with Gasteiger partial charge >= 0.3 is 5.97 Å². The number of carboxylic acids is 1. The monoisotopic (exact) mass is 402 g/mol. The highest BCUT2D eigenvalue weighted by Crippen LogP contribution is 2.03. The smallest absolute Gasteiger partial charge is 0.329 e. The van der Waals surface area contributed by atoms with E-state index in [1.165, 1.54) is 12.2 Å². The zero-order valence-corrected chi connectivity index (χ0v) is 15.6. The van der Waals surface area contributed by atoms with Gasteiger partial charge in [0.2, 0.25) is 5.91 Å². The number of imide groups is 1. The first-order valence-corrected chi connectivity index (χ1v) is 8.83. The molecule has 0 spiro atoms. The molecule has 0 bridgehead atoms. The molecule has 0 saturated heterocycles. The second-order valence-electron chi connectivity index (χ2n) is 5.54. The normalized spacial score (nSPS) is 13.4. The standard InChI is InChI=1S/C17H26N2O9/c20-14(3-5-19-15(21)1-2-16(19)22)18-4-6-25-7-8-26-9-10-27-11-12-28-13-17(23)24/h1-2H,3-13H2,(H,18,20)(H,23,24). The molecule has 0 radical (unpaired) electrons. The van der Waals surface area contributed by atoms with Crippen molar-refractivity contribution in [2.75, 3.05) is 65.9 Å². The minimum Gasteiger partial charge on any atom is -0.480 e. The first kappa shape index (κ1) is 23.7. The van der Waals surface area contributed by atoms with E-state index in [4.69, 9.17) is 24.1 Å². The zero-order chi connectivity index (χ0) is 20.6. The molecule has 0 aromatic carbocycles. The van der Waals surface area contributed by atoms with E-state index in [0.29, 0.717) is 46.2 Å². The lowest BCUT2D eigenvalue weighted by atomic mass is 10.3. The van der Waals surface area contributed by atoms with Gasteiger partial charge in [-0.25, -0.2) is 4.79 Å².